The Morgan fingerprint density at radius 3 is 1.39 bits per heavy atom. The van der Waals surface area contributed by atoms with Crippen molar-refractivity contribution in [3.8, 4) is 0 Å². The number of aryl methyl sites for hydroxylation is 2. The largest absolute Gasteiger partial charge is 0.436 e. The van der Waals surface area contributed by atoms with E-state index >= 15 is 0 Å². The van der Waals surface area contributed by atoms with E-state index in [0.29, 0.717) is 44.5 Å². The first-order valence-electron chi connectivity index (χ1n) is 19.5. The summed E-state index contributed by atoms with van der Waals surface area (Å²) in [7, 11) is -8.68. The predicted octanol–water partition coefficient (Wildman–Crippen LogP) is 9.07. The van der Waals surface area contributed by atoms with Crippen molar-refractivity contribution in [3.05, 3.63) is 70.8 Å². The van der Waals surface area contributed by atoms with Crippen LogP contribution in [0.3, 0.4) is 0 Å². The molecule has 0 aromatic heterocycles. The van der Waals surface area contributed by atoms with Gasteiger partial charge < -0.3 is 32.4 Å². The molecule has 54 heavy (non-hydrogen) atoms. The maximum atomic E-state index is 12.2. The van der Waals surface area contributed by atoms with Gasteiger partial charge in [0.25, 0.3) is 0 Å². The Morgan fingerprint density at radius 2 is 1.02 bits per heavy atom. The molecule has 1 unspecified atom stereocenters. The van der Waals surface area contributed by atoms with Gasteiger partial charge in [-0.15, -0.1) is 0 Å². The average molecular weight is 823 g/mol. The molecule has 2 rings (SSSR count). The maximum absolute atomic E-state index is 12.2. The highest BCUT2D eigenvalue weighted by Crippen LogP contribution is 2.31. The van der Waals surface area contributed by atoms with Gasteiger partial charge >= 0.3 is 17.1 Å². The molecule has 9 nitrogen and oxygen atoms in total. The minimum absolute atomic E-state index is 0.163. The number of hydrogen-bond acceptors (Lipinski definition) is 9. The molecule has 2 aromatic rings. The molecule has 2 aromatic carbocycles. The molecule has 0 amide bonds. The van der Waals surface area contributed by atoms with Gasteiger partial charge in [0.1, 0.15) is 5.60 Å². The highest BCUT2D eigenvalue weighted by Gasteiger charge is 2.45. The van der Waals surface area contributed by atoms with Crippen LogP contribution < -0.4 is 0 Å². The topological polar surface area (TPSA) is 132 Å². The Labute approximate surface area is 332 Å². The summed E-state index contributed by atoms with van der Waals surface area (Å²) in [4.78, 5) is 42.9. The van der Waals surface area contributed by atoms with E-state index in [2.05, 4.69) is 52.8 Å². The second-order valence-corrected chi connectivity index (χ2v) is 34.5. The number of hydrogen-bond donors (Lipinski definition) is 3. The smallest absolute Gasteiger partial charge is 0.329 e. The van der Waals surface area contributed by atoms with E-state index in [1.165, 1.54) is 26.0 Å². The molecule has 0 aliphatic carbocycles. The number of aliphatic hydroxyl groups is 1. The van der Waals surface area contributed by atoms with Crippen molar-refractivity contribution >= 4 is 45.3 Å². The van der Waals surface area contributed by atoms with Gasteiger partial charge in [-0.2, -0.15) is 0 Å². The molecule has 0 fully saturated rings. The summed E-state index contributed by atoms with van der Waals surface area (Å²) >= 11 is 0. The van der Waals surface area contributed by atoms with Gasteiger partial charge in [-0.25, -0.2) is 0 Å². The quantitative estimate of drug-likeness (QED) is 0.0605. The number of ether oxygens (including phenoxy) is 2. The molecular weight excluding hydrogens is 749 g/mol. The lowest BCUT2D eigenvalue weighted by Gasteiger charge is -2.41. The Bertz CT molecular complexity index is 1380. The Morgan fingerprint density at radius 1 is 0.630 bits per heavy atom. The van der Waals surface area contributed by atoms with Crippen LogP contribution in [0.2, 0.25) is 64.0 Å². The fourth-order valence-electron chi connectivity index (χ4n) is 5.65. The number of ketones is 2. The zero-order valence-corrected chi connectivity index (χ0v) is 40.1. The molecule has 308 valence electrons. The van der Waals surface area contributed by atoms with Crippen LogP contribution in [0.1, 0.15) is 92.6 Å². The molecule has 13 heteroatoms. The number of Topliss-reactive ketones (excluding diaryl/α,β-unsaturated/α-hetero) is 2. The van der Waals surface area contributed by atoms with E-state index in [0.717, 1.165) is 36.8 Å². The van der Waals surface area contributed by atoms with E-state index in [-0.39, 0.29) is 22.5 Å². The third-order valence-corrected chi connectivity index (χ3v) is 19.8. The molecule has 1 atom stereocenters. The second kappa shape index (κ2) is 21.8. The minimum Gasteiger partial charge on any atom is -0.436 e. The van der Waals surface area contributed by atoms with Crippen molar-refractivity contribution in [1.29, 1.82) is 0 Å². The second-order valence-electron chi connectivity index (χ2n) is 18.4. The van der Waals surface area contributed by atoms with Crippen molar-refractivity contribution in [3.63, 3.8) is 0 Å². The van der Waals surface area contributed by atoms with Gasteiger partial charge in [-0.05, 0) is 115 Å². The van der Waals surface area contributed by atoms with Gasteiger partial charge in [0, 0.05) is 41.9 Å². The molecule has 0 aliphatic heterocycles. The first-order chi connectivity index (χ1) is 24.5. The molecule has 0 aliphatic rings. The van der Waals surface area contributed by atoms with Gasteiger partial charge in [0.15, 0.2) is 28.2 Å². The number of rotatable bonds is 22. The van der Waals surface area contributed by atoms with Crippen molar-refractivity contribution in [2.24, 2.45) is 5.41 Å². The summed E-state index contributed by atoms with van der Waals surface area (Å²) in [5.41, 5.74) is 2.22. The normalized spacial score (nSPS) is 13.6. The summed E-state index contributed by atoms with van der Waals surface area (Å²) in [5.74, 6) is -0.0969. The van der Waals surface area contributed by atoms with Crippen LogP contribution in [0.4, 0.5) is 0 Å². The molecule has 0 heterocycles. The molecule has 0 bridgehead atoms. The molecule has 0 radical (unpaired) electrons. The van der Waals surface area contributed by atoms with Gasteiger partial charge in [-0.3, -0.25) is 9.59 Å². The molecule has 0 spiro atoms. The molecular formula is C41H74O9Si4. The first kappa shape index (κ1) is 50.4. The van der Waals surface area contributed by atoms with Crippen LogP contribution >= 0.6 is 0 Å². The molecule has 0 saturated carbocycles. The van der Waals surface area contributed by atoms with E-state index in [4.69, 9.17) is 17.7 Å². The molecule has 3 N–H and O–H groups in total. The van der Waals surface area contributed by atoms with E-state index in [1.807, 2.05) is 57.2 Å². The van der Waals surface area contributed by atoms with Gasteiger partial charge in [-0.1, -0.05) is 76.2 Å². The summed E-state index contributed by atoms with van der Waals surface area (Å²) in [6.07, 6.45) is 4.32. The standard InChI is InChI=1S/C23H44O5Si3.C18H30O4Si/c1-19(31(10,27-29(4,5)6)28-30(7,8)9)18-26-17-11-12-20-13-15-21(16-14-20)22(24)23(2,3)25;1-18(2,3)17(19)16-10-8-15(9-11-16)7-5-12-22-13-6-14-23(4,20)21/h13-16,19,25H,11-12,17-18H2,1-10H3;8-11,20-21H,5-7,12-14H2,1-4H3. The van der Waals surface area contributed by atoms with Crippen LogP contribution in [0.15, 0.2) is 48.5 Å². The summed E-state index contributed by atoms with van der Waals surface area (Å²) < 4.78 is 24.7. The van der Waals surface area contributed by atoms with Crippen molar-refractivity contribution in [2.45, 2.75) is 143 Å². The first-order valence-corrected chi connectivity index (χ1v) is 31.3. The lowest BCUT2D eigenvalue weighted by molar-refractivity contribution is 0.0488. The third kappa shape index (κ3) is 21.6. The number of carbonyl (C=O) groups excluding carboxylic acids is 2. The van der Waals surface area contributed by atoms with Crippen molar-refractivity contribution < 1.29 is 42.0 Å². The summed E-state index contributed by atoms with van der Waals surface area (Å²) in [5, 5.41) is 9.86. The third-order valence-electron chi connectivity index (χ3n) is 8.40. The van der Waals surface area contributed by atoms with Crippen LogP contribution in [-0.2, 0) is 30.5 Å². The fourth-order valence-corrected chi connectivity index (χ4v) is 18.8. The zero-order chi connectivity index (χ0) is 41.6. The lowest BCUT2D eigenvalue weighted by Crippen LogP contribution is -2.55. The zero-order valence-electron chi connectivity index (χ0n) is 36.1. The van der Waals surface area contributed by atoms with E-state index in [1.54, 1.807) is 12.1 Å². The highest BCUT2D eigenvalue weighted by atomic mass is 28.5. The summed E-state index contributed by atoms with van der Waals surface area (Å²) in [6.45, 7) is 30.6. The van der Waals surface area contributed by atoms with Gasteiger partial charge in [0.05, 0.1) is 6.61 Å². The van der Waals surface area contributed by atoms with Crippen LogP contribution in [0.5, 0.6) is 0 Å². The average Bonchev–Trinajstić information content (AvgIpc) is 3.01. The Kier molecular flexibility index (Phi) is 20.3. The fraction of sp³-hybridized carbons (Fsp3) is 0.659. The minimum atomic E-state index is -2.91. The molecule has 0 saturated heterocycles. The highest BCUT2D eigenvalue weighted by molar-refractivity contribution is 6.88. The van der Waals surface area contributed by atoms with Crippen LogP contribution in [0.25, 0.3) is 0 Å². The monoisotopic (exact) mass is 822 g/mol. The van der Waals surface area contributed by atoms with Crippen LogP contribution in [-0.4, -0.2) is 92.0 Å². The van der Waals surface area contributed by atoms with E-state index < -0.39 is 39.4 Å². The number of benzene rings is 2. The maximum Gasteiger partial charge on any atom is 0.329 e. The SMILES string of the molecule is CC(C)(C)C(=O)c1ccc(CCCOCCC[Si](C)(O)O)cc1.CC(COCCCc1ccc(C(=O)C(C)(C)O)cc1)[Si](C)(O[Si](C)(C)C)O[Si](C)(C)C. The van der Waals surface area contributed by atoms with E-state index in [9.17, 15) is 24.3 Å². The van der Waals surface area contributed by atoms with Gasteiger partial charge in [0.2, 0.25) is 0 Å². The summed E-state index contributed by atoms with van der Waals surface area (Å²) in [6, 6.07) is 15.8. The van der Waals surface area contributed by atoms with Crippen LogP contribution in [0, 0.1) is 5.41 Å². The van der Waals surface area contributed by atoms with Crippen molar-refractivity contribution in [1.82, 2.24) is 0 Å². The Balaban J connectivity index is 0.000000564. The number of carbonyl (C=O) groups is 2. The van der Waals surface area contributed by atoms with Crippen molar-refractivity contribution in [2.75, 3.05) is 26.4 Å². The predicted molar refractivity (Wildman–Crippen MR) is 231 cm³/mol. The Hall–Kier alpha value is -1.63. The lowest BCUT2D eigenvalue weighted by atomic mass is 9.86.